The van der Waals surface area contributed by atoms with Gasteiger partial charge in [-0.25, -0.2) is 9.59 Å². The lowest BCUT2D eigenvalue weighted by molar-refractivity contribution is -0.144. The molecule has 1 atom stereocenters. The van der Waals surface area contributed by atoms with E-state index in [1.54, 1.807) is 45.0 Å². The van der Waals surface area contributed by atoms with E-state index < -0.39 is 23.2 Å². The van der Waals surface area contributed by atoms with E-state index in [0.29, 0.717) is 17.1 Å². The fraction of sp³-hybridized carbons (Fsp3) is 0.300. The lowest BCUT2D eigenvalue weighted by Gasteiger charge is -2.29. The van der Waals surface area contributed by atoms with Gasteiger partial charge in [-0.15, -0.1) is 0 Å². The Morgan fingerprint density at radius 2 is 1.42 bits per heavy atom. The first-order valence-electron chi connectivity index (χ1n) is 8.18. The Labute approximate surface area is 152 Å². The Kier molecular flexibility index (Phi) is 5.55. The predicted octanol–water partition coefficient (Wildman–Crippen LogP) is 4.30. The Hall–Kier alpha value is -3.02. The largest absolute Gasteiger partial charge is 0.479 e. The molecular weight excluding hydrogens is 334 g/mol. The van der Waals surface area contributed by atoms with Crippen molar-refractivity contribution >= 4 is 12.1 Å². The van der Waals surface area contributed by atoms with Crippen LogP contribution >= 0.6 is 0 Å². The number of alkyl carbamates (subject to hydrolysis) is 1. The SMILES string of the molecule is CC(C)(C)OC(=O)NC(C)(C(=O)O)c1ccc(Oc2ccccc2)cc1. The van der Waals surface area contributed by atoms with E-state index in [1.165, 1.54) is 6.92 Å². The summed E-state index contributed by atoms with van der Waals surface area (Å²) in [5.74, 6) is 0.0400. The van der Waals surface area contributed by atoms with Crippen molar-refractivity contribution in [1.82, 2.24) is 5.32 Å². The highest BCUT2D eigenvalue weighted by atomic mass is 16.6. The number of benzene rings is 2. The second kappa shape index (κ2) is 7.47. The molecule has 0 bridgehead atoms. The average Bonchev–Trinajstić information content (AvgIpc) is 2.54. The topological polar surface area (TPSA) is 84.9 Å². The number of carboxylic acid groups (broad SMARTS) is 1. The van der Waals surface area contributed by atoms with Crippen LogP contribution < -0.4 is 10.1 Å². The number of nitrogens with one attached hydrogen (secondary N) is 1. The van der Waals surface area contributed by atoms with Gasteiger partial charge in [-0.05, 0) is 57.5 Å². The number of hydrogen-bond donors (Lipinski definition) is 2. The molecule has 0 aliphatic carbocycles. The third kappa shape index (κ3) is 4.99. The van der Waals surface area contributed by atoms with Crippen LogP contribution in [0, 0.1) is 0 Å². The first-order chi connectivity index (χ1) is 12.1. The molecule has 2 aromatic rings. The van der Waals surface area contributed by atoms with Gasteiger partial charge in [0.25, 0.3) is 0 Å². The van der Waals surface area contributed by atoms with E-state index in [4.69, 9.17) is 9.47 Å². The van der Waals surface area contributed by atoms with Crippen LogP contribution in [0.25, 0.3) is 0 Å². The average molecular weight is 357 g/mol. The molecule has 26 heavy (non-hydrogen) atoms. The molecule has 0 aliphatic heterocycles. The highest BCUT2D eigenvalue weighted by Gasteiger charge is 2.38. The minimum Gasteiger partial charge on any atom is -0.479 e. The number of carbonyl (C=O) groups is 2. The zero-order chi connectivity index (χ0) is 19.4. The van der Waals surface area contributed by atoms with Crippen LogP contribution in [0.4, 0.5) is 4.79 Å². The first-order valence-corrected chi connectivity index (χ1v) is 8.18. The van der Waals surface area contributed by atoms with Crippen molar-refractivity contribution in [1.29, 1.82) is 0 Å². The Morgan fingerprint density at radius 3 is 1.92 bits per heavy atom. The van der Waals surface area contributed by atoms with Crippen molar-refractivity contribution in [2.45, 2.75) is 38.8 Å². The van der Waals surface area contributed by atoms with E-state index in [9.17, 15) is 14.7 Å². The molecule has 0 saturated carbocycles. The van der Waals surface area contributed by atoms with Crippen molar-refractivity contribution in [2.75, 3.05) is 0 Å². The number of carboxylic acids is 1. The van der Waals surface area contributed by atoms with Gasteiger partial charge in [0.15, 0.2) is 5.54 Å². The van der Waals surface area contributed by atoms with Crippen molar-refractivity contribution in [3.8, 4) is 11.5 Å². The van der Waals surface area contributed by atoms with E-state index in [1.807, 2.05) is 30.3 Å². The van der Waals surface area contributed by atoms with E-state index in [-0.39, 0.29) is 0 Å². The number of hydrogen-bond acceptors (Lipinski definition) is 4. The molecule has 0 fully saturated rings. The van der Waals surface area contributed by atoms with Crippen molar-refractivity contribution in [2.24, 2.45) is 0 Å². The summed E-state index contributed by atoms with van der Waals surface area (Å²) >= 11 is 0. The third-order valence-electron chi connectivity index (χ3n) is 3.59. The van der Waals surface area contributed by atoms with Gasteiger partial charge in [0.05, 0.1) is 0 Å². The molecular formula is C20H23NO5. The lowest BCUT2D eigenvalue weighted by atomic mass is 9.92. The van der Waals surface area contributed by atoms with Crippen LogP contribution in [-0.2, 0) is 15.1 Å². The number of aliphatic carboxylic acids is 1. The van der Waals surface area contributed by atoms with Crippen LogP contribution in [0.3, 0.4) is 0 Å². The van der Waals surface area contributed by atoms with Gasteiger partial charge in [0, 0.05) is 0 Å². The Balaban J connectivity index is 2.19. The molecule has 0 heterocycles. The summed E-state index contributed by atoms with van der Waals surface area (Å²) in [7, 11) is 0. The lowest BCUT2D eigenvalue weighted by Crippen LogP contribution is -2.51. The van der Waals surface area contributed by atoms with Gasteiger partial charge < -0.3 is 19.9 Å². The van der Waals surface area contributed by atoms with Crippen molar-refractivity contribution in [3.63, 3.8) is 0 Å². The number of amides is 1. The number of carbonyl (C=O) groups excluding carboxylic acids is 1. The molecule has 0 radical (unpaired) electrons. The molecule has 2 N–H and O–H groups in total. The van der Waals surface area contributed by atoms with Crippen molar-refractivity contribution in [3.05, 3.63) is 60.2 Å². The summed E-state index contributed by atoms with van der Waals surface area (Å²) in [5, 5.41) is 12.1. The van der Waals surface area contributed by atoms with E-state index in [2.05, 4.69) is 5.32 Å². The maximum Gasteiger partial charge on any atom is 0.408 e. The molecule has 1 amide bonds. The van der Waals surface area contributed by atoms with Gasteiger partial charge in [0.2, 0.25) is 0 Å². The quantitative estimate of drug-likeness (QED) is 0.833. The standard InChI is InChI=1S/C20H23NO5/c1-19(2,3)26-18(24)21-20(4,17(22)23)14-10-12-16(13-11-14)25-15-8-6-5-7-9-15/h5-13H,1-4H3,(H,21,24)(H,22,23). The van der Waals surface area contributed by atoms with Crippen LogP contribution in [0.15, 0.2) is 54.6 Å². The van der Waals surface area contributed by atoms with Gasteiger partial charge in [0.1, 0.15) is 17.1 Å². The molecule has 0 aromatic heterocycles. The molecule has 2 aromatic carbocycles. The molecule has 6 heteroatoms. The second-order valence-corrected chi connectivity index (χ2v) is 7.00. The molecule has 6 nitrogen and oxygen atoms in total. The van der Waals surface area contributed by atoms with Gasteiger partial charge in [-0.2, -0.15) is 0 Å². The monoisotopic (exact) mass is 357 g/mol. The zero-order valence-corrected chi connectivity index (χ0v) is 15.3. The number of ether oxygens (including phenoxy) is 2. The van der Waals surface area contributed by atoms with E-state index in [0.717, 1.165) is 0 Å². The van der Waals surface area contributed by atoms with Crippen molar-refractivity contribution < 1.29 is 24.2 Å². The smallest absolute Gasteiger partial charge is 0.408 e. The molecule has 0 aliphatic rings. The van der Waals surface area contributed by atoms with Gasteiger partial charge in [-0.3, -0.25) is 0 Å². The summed E-state index contributed by atoms with van der Waals surface area (Å²) in [4.78, 5) is 23.8. The molecule has 2 rings (SSSR count). The van der Waals surface area contributed by atoms with Gasteiger partial charge in [-0.1, -0.05) is 30.3 Å². The Morgan fingerprint density at radius 1 is 0.885 bits per heavy atom. The summed E-state index contributed by atoms with van der Waals surface area (Å²) in [6.45, 7) is 6.54. The maximum absolute atomic E-state index is 12.0. The fourth-order valence-corrected chi connectivity index (χ4v) is 2.24. The summed E-state index contributed by atoms with van der Waals surface area (Å²) in [5.41, 5.74) is -1.96. The van der Waals surface area contributed by atoms with Crippen LogP contribution in [0.5, 0.6) is 11.5 Å². The Bertz CT molecular complexity index is 765. The van der Waals surface area contributed by atoms with Gasteiger partial charge >= 0.3 is 12.1 Å². The number of rotatable bonds is 5. The molecule has 1 unspecified atom stereocenters. The normalized spacial score (nSPS) is 13.4. The highest BCUT2D eigenvalue weighted by Crippen LogP contribution is 2.27. The molecule has 138 valence electrons. The number of para-hydroxylation sites is 1. The third-order valence-corrected chi connectivity index (χ3v) is 3.59. The maximum atomic E-state index is 12.0. The van der Waals surface area contributed by atoms with Crippen LogP contribution in [-0.4, -0.2) is 22.8 Å². The van der Waals surface area contributed by atoms with Crippen LogP contribution in [0.1, 0.15) is 33.3 Å². The molecule has 0 spiro atoms. The predicted molar refractivity (Wildman–Crippen MR) is 97.3 cm³/mol. The highest BCUT2D eigenvalue weighted by molar-refractivity contribution is 5.85. The summed E-state index contributed by atoms with van der Waals surface area (Å²) < 4.78 is 10.9. The fourth-order valence-electron chi connectivity index (χ4n) is 2.24. The minimum atomic E-state index is -1.63. The zero-order valence-electron chi connectivity index (χ0n) is 15.3. The second-order valence-electron chi connectivity index (χ2n) is 7.00. The minimum absolute atomic E-state index is 0.399. The summed E-state index contributed by atoms with van der Waals surface area (Å²) in [6.07, 6.45) is -0.799. The summed E-state index contributed by atoms with van der Waals surface area (Å²) in [6, 6.07) is 15.7. The van der Waals surface area contributed by atoms with Crippen LogP contribution in [0.2, 0.25) is 0 Å². The first kappa shape index (κ1) is 19.3. The molecule has 0 saturated heterocycles. The van der Waals surface area contributed by atoms with E-state index >= 15 is 0 Å².